The molecule has 1 aliphatic rings. The Morgan fingerprint density at radius 2 is 1.83 bits per heavy atom. The first kappa shape index (κ1) is 18.6. The molecule has 146 valence electrons. The Bertz CT molecular complexity index is 1040. The fourth-order valence-electron chi connectivity index (χ4n) is 3.07. The Balaban J connectivity index is 1.59. The quantitative estimate of drug-likeness (QED) is 0.622. The smallest absolute Gasteiger partial charge is 0.247 e. The van der Waals surface area contributed by atoms with Crippen molar-refractivity contribution in [2.75, 3.05) is 13.8 Å². The molecule has 1 unspecified atom stereocenters. The molecule has 2 aromatic carbocycles. The first-order valence-corrected chi connectivity index (χ1v) is 8.99. The van der Waals surface area contributed by atoms with Gasteiger partial charge in [-0.2, -0.15) is 0 Å². The molecule has 0 bridgehead atoms. The number of hydrogen-bond acceptors (Lipinski definition) is 5. The second-order valence-corrected chi connectivity index (χ2v) is 6.46. The molecule has 1 atom stereocenters. The van der Waals surface area contributed by atoms with E-state index in [0.29, 0.717) is 22.9 Å². The third-order valence-electron chi connectivity index (χ3n) is 4.57. The van der Waals surface area contributed by atoms with E-state index in [1.807, 2.05) is 12.1 Å². The van der Waals surface area contributed by atoms with Crippen molar-refractivity contribution in [1.29, 1.82) is 0 Å². The van der Waals surface area contributed by atoms with Crippen LogP contribution in [0.5, 0.6) is 11.5 Å². The van der Waals surface area contributed by atoms with Crippen LogP contribution >= 0.6 is 0 Å². The lowest BCUT2D eigenvalue weighted by molar-refractivity contribution is -0.126. The van der Waals surface area contributed by atoms with Crippen LogP contribution in [0.1, 0.15) is 23.0 Å². The molecule has 29 heavy (non-hydrogen) atoms. The number of aromatic nitrogens is 2. The van der Waals surface area contributed by atoms with Gasteiger partial charge in [0.1, 0.15) is 11.9 Å². The van der Waals surface area contributed by atoms with Gasteiger partial charge >= 0.3 is 0 Å². The first-order chi connectivity index (χ1) is 14.1. The largest absolute Gasteiger partial charge is 0.454 e. The molecule has 0 spiro atoms. The minimum Gasteiger partial charge on any atom is -0.454 e. The highest BCUT2D eigenvalue weighted by Crippen LogP contribution is 2.33. The zero-order valence-corrected chi connectivity index (χ0v) is 15.7. The van der Waals surface area contributed by atoms with E-state index in [1.165, 1.54) is 23.1 Å². The Morgan fingerprint density at radius 1 is 1.10 bits per heavy atom. The van der Waals surface area contributed by atoms with E-state index in [2.05, 4.69) is 9.97 Å². The molecule has 0 saturated heterocycles. The molecule has 1 aliphatic heterocycles. The van der Waals surface area contributed by atoms with Gasteiger partial charge in [-0.3, -0.25) is 4.79 Å². The summed E-state index contributed by atoms with van der Waals surface area (Å²) >= 11 is 0. The summed E-state index contributed by atoms with van der Waals surface area (Å²) in [6.07, 6.45) is 6.39. The lowest BCUT2D eigenvalue weighted by Crippen LogP contribution is -2.31. The fourth-order valence-corrected chi connectivity index (χ4v) is 3.07. The van der Waals surface area contributed by atoms with Gasteiger partial charge < -0.3 is 14.4 Å². The number of hydrogen-bond donors (Lipinski definition) is 0. The zero-order chi connectivity index (χ0) is 20.2. The molecule has 0 fully saturated rings. The van der Waals surface area contributed by atoms with Crippen LogP contribution < -0.4 is 9.47 Å². The number of carbonyl (C=O) groups is 1. The highest BCUT2D eigenvalue weighted by molar-refractivity contribution is 5.92. The Labute approximate surface area is 167 Å². The summed E-state index contributed by atoms with van der Waals surface area (Å²) in [6.45, 7) is 0.195. The van der Waals surface area contributed by atoms with Crippen molar-refractivity contribution < 1.29 is 18.7 Å². The Morgan fingerprint density at radius 3 is 2.59 bits per heavy atom. The van der Waals surface area contributed by atoms with Crippen molar-refractivity contribution in [3.8, 4) is 11.5 Å². The van der Waals surface area contributed by atoms with E-state index >= 15 is 0 Å². The van der Waals surface area contributed by atoms with E-state index in [-0.39, 0.29) is 18.5 Å². The average Bonchev–Trinajstić information content (AvgIpc) is 3.22. The maximum atomic E-state index is 13.4. The van der Waals surface area contributed by atoms with Crippen LogP contribution in [-0.2, 0) is 4.79 Å². The molecular weight excluding hydrogens is 373 g/mol. The van der Waals surface area contributed by atoms with Crippen LogP contribution in [0.2, 0.25) is 0 Å². The summed E-state index contributed by atoms with van der Waals surface area (Å²) in [4.78, 5) is 22.9. The van der Waals surface area contributed by atoms with Crippen molar-refractivity contribution in [3.63, 3.8) is 0 Å². The molecule has 0 radical (unpaired) electrons. The van der Waals surface area contributed by atoms with Gasteiger partial charge in [0.25, 0.3) is 0 Å². The average molecular weight is 391 g/mol. The molecule has 7 heteroatoms. The van der Waals surface area contributed by atoms with E-state index in [9.17, 15) is 9.18 Å². The van der Waals surface area contributed by atoms with Crippen LogP contribution in [0.4, 0.5) is 4.39 Å². The Kier molecular flexibility index (Phi) is 5.20. The van der Waals surface area contributed by atoms with Gasteiger partial charge in [-0.15, -0.1) is 0 Å². The number of benzene rings is 2. The summed E-state index contributed by atoms with van der Waals surface area (Å²) in [6, 6.07) is 12.6. The molecule has 0 N–H and O–H groups in total. The molecule has 3 aromatic rings. The number of amides is 1. The monoisotopic (exact) mass is 391 g/mol. The van der Waals surface area contributed by atoms with Gasteiger partial charge in [-0.25, -0.2) is 14.4 Å². The number of rotatable bonds is 5. The van der Waals surface area contributed by atoms with E-state index in [1.54, 1.807) is 49.8 Å². The topological polar surface area (TPSA) is 64.6 Å². The van der Waals surface area contributed by atoms with E-state index in [4.69, 9.17) is 9.47 Å². The van der Waals surface area contributed by atoms with Gasteiger partial charge in [0.15, 0.2) is 17.3 Å². The highest BCUT2D eigenvalue weighted by Gasteiger charge is 2.24. The summed E-state index contributed by atoms with van der Waals surface area (Å²) in [5.74, 6) is 1.19. The summed E-state index contributed by atoms with van der Waals surface area (Å²) < 4.78 is 24.0. The van der Waals surface area contributed by atoms with Gasteiger partial charge in [-0.05, 0) is 47.5 Å². The number of likely N-dealkylation sites (N-methyl/N-ethyl adjacent to an activating group) is 1. The van der Waals surface area contributed by atoms with Crippen LogP contribution in [0, 0.1) is 5.82 Å². The van der Waals surface area contributed by atoms with Crippen LogP contribution in [0.15, 0.2) is 67.0 Å². The van der Waals surface area contributed by atoms with Gasteiger partial charge in [-0.1, -0.05) is 18.2 Å². The molecular formula is C22H18FN3O3. The van der Waals surface area contributed by atoms with Crippen molar-refractivity contribution in [2.45, 2.75) is 6.04 Å². The first-order valence-electron chi connectivity index (χ1n) is 8.99. The minimum atomic E-state index is -0.550. The number of fused-ring (bicyclic) bond motifs is 1. The molecule has 0 aliphatic carbocycles. The molecule has 2 heterocycles. The van der Waals surface area contributed by atoms with Crippen LogP contribution in [-0.4, -0.2) is 34.6 Å². The maximum Gasteiger partial charge on any atom is 0.247 e. The summed E-state index contributed by atoms with van der Waals surface area (Å²) in [5, 5.41) is 0. The van der Waals surface area contributed by atoms with Gasteiger partial charge in [0.05, 0.1) is 0 Å². The predicted molar refractivity (Wildman–Crippen MR) is 105 cm³/mol. The van der Waals surface area contributed by atoms with Gasteiger partial charge in [0, 0.05) is 25.5 Å². The predicted octanol–water partition coefficient (Wildman–Crippen LogP) is 3.61. The fraction of sp³-hybridized carbons (Fsp3) is 0.136. The molecule has 6 nitrogen and oxygen atoms in total. The summed E-state index contributed by atoms with van der Waals surface area (Å²) in [5.41, 5.74) is 1.52. The van der Waals surface area contributed by atoms with Gasteiger partial charge in [0.2, 0.25) is 12.7 Å². The second kappa shape index (κ2) is 8.10. The SMILES string of the molecule is CN(C(=O)C=Cc1ccc2c(c1)OCO2)C(c1ccc(F)cc1)c1ncccn1. The molecule has 0 saturated carbocycles. The molecule has 4 rings (SSSR count). The zero-order valence-electron chi connectivity index (χ0n) is 15.7. The third kappa shape index (κ3) is 4.08. The maximum absolute atomic E-state index is 13.4. The number of halogens is 1. The molecule has 1 aromatic heterocycles. The lowest BCUT2D eigenvalue weighted by Gasteiger charge is -2.26. The number of ether oxygens (including phenoxy) is 2. The molecule has 1 amide bonds. The Hall–Kier alpha value is -3.74. The van der Waals surface area contributed by atoms with Crippen LogP contribution in [0.25, 0.3) is 6.08 Å². The van der Waals surface area contributed by atoms with Crippen molar-refractivity contribution in [2.24, 2.45) is 0 Å². The lowest BCUT2D eigenvalue weighted by atomic mass is 10.0. The minimum absolute atomic E-state index is 0.195. The number of carbonyl (C=O) groups excluding carboxylic acids is 1. The number of nitrogens with zero attached hydrogens (tertiary/aromatic N) is 3. The summed E-state index contributed by atoms with van der Waals surface area (Å²) in [7, 11) is 1.66. The van der Waals surface area contributed by atoms with Crippen molar-refractivity contribution in [1.82, 2.24) is 14.9 Å². The van der Waals surface area contributed by atoms with Crippen LogP contribution in [0.3, 0.4) is 0 Å². The normalized spacial score (nSPS) is 13.4. The van der Waals surface area contributed by atoms with Crippen molar-refractivity contribution >= 4 is 12.0 Å². The van der Waals surface area contributed by atoms with E-state index in [0.717, 1.165) is 5.56 Å². The van der Waals surface area contributed by atoms with E-state index < -0.39 is 6.04 Å². The van der Waals surface area contributed by atoms with Crippen molar-refractivity contribution in [3.05, 3.63) is 89.8 Å². The third-order valence-corrected chi connectivity index (χ3v) is 4.57. The second-order valence-electron chi connectivity index (χ2n) is 6.46. The highest BCUT2D eigenvalue weighted by atomic mass is 19.1. The standard InChI is InChI=1S/C22H18FN3O3/c1-26(20(27)10-4-15-3-9-18-19(13-15)29-14-28-18)21(22-24-11-2-12-25-22)16-5-7-17(23)8-6-16/h2-13,21H,14H2,1H3.